The van der Waals surface area contributed by atoms with Gasteiger partial charge in [-0.2, -0.15) is 0 Å². The van der Waals surface area contributed by atoms with E-state index in [0.29, 0.717) is 0 Å². The lowest BCUT2D eigenvalue weighted by molar-refractivity contribution is 0.326. The van der Waals surface area contributed by atoms with E-state index in [-0.39, 0.29) is 18.5 Å². The Morgan fingerprint density at radius 2 is 1.32 bits per heavy atom. The molecule has 0 unspecified atom stereocenters. The molecule has 28 heavy (non-hydrogen) atoms. The number of hydrogen-bond acceptors (Lipinski definition) is 3. The van der Waals surface area contributed by atoms with Crippen LogP contribution >= 0.6 is 0 Å². The largest absolute Gasteiger partial charge is 0.337 e. The van der Waals surface area contributed by atoms with E-state index < -0.39 is 22.6 Å². The summed E-state index contributed by atoms with van der Waals surface area (Å²) in [6, 6.07) is 7.90. The Morgan fingerprint density at radius 1 is 0.821 bits per heavy atom. The fourth-order valence-corrected chi connectivity index (χ4v) is 3.18. The van der Waals surface area contributed by atoms with Crippen LogP contribution in [0.5, 0.6) is 0 Å². The molecular formula is C22H31N3O3. The number of nitrogens with zero attached hydrogens (tertiary/aromatic N) is 3. The highest BCUT2D eigenvalue weighted by Gasteiger charge is 2.23. The molecule has 0 aliphatic heterocycles. The van der Waals surface area contributed by atoms with Gasteiger partial charge < -0.3 is 0 Å². The van der Waals surface area contributed by atoms with Gasteiger partial charge in [0.25, 0.3) is 0 Å². The standard InChI is InChI=1S/C22H31N3O3/c1-8-13-23-18(26)24(20(28)25(19(23)27)22(5,6)7)15-17-11-9-16(10-12-17)14-21(2,3)4/h8-12H,1,13-15H2,2-7H3. The Morgan fingerprint density at radius 3 is 1.79 bits per heavy atom. The third kappa shape index (κ3) is 4.80. The van der Waals surface area contributed by atoms with Gasteiger partial charge in [0.15, 0.2) is 0 Å². The summed E-state index contributed by atoms with van der Waals surface area (Å²) in [5.41, 5.74) is -0.356. The summed E-state index contributed by atoms with van der Waals surface area (Å²) >= 11 is 0. The van der Waals surface area contributed by atoms with Crippen LogP contribution in [0.4, 0.5) is 0 Å². The van der Waals surface area contributed by atoms with E-state index in [2.05, 4.69) is 27.4 Å². The van der Waals surface area contributed by atoms with Gasteiger partial charge in [0, 0.05) is 5.54 Å². The number of rotatable bonds is 5. The average Bonchev–Trinajstić information content (AvgIpc) is 2.54. The van der Waals surface area contributed by atoms with Crippen molar-refractivity contribution < 1.29 is 0 Å². The Balaban J connectivity index is 2.55. The second kappa shape index (κ2) is 7.78. The van der Waals surface area contributed by atoms with Crippen LogP contribution in [0.3, 0.4) is 0 Å². The van der Waals surface area contributed by atoms with Crippen LogP contribution in [-0.2, 0) is 25.0 Å². The molecule has 152 valence electrons. The van der Waals surface area contributed by atoms with Crippen LogP contribution in [0.2, 0.25) is 0 Å². The Bertz CT molecular complexity index is 1020. The van der Waals surface area contributed by atoms with Crippen LogP contribution in [0.1, 0.15) is 52.7 Å². The fourth-order valence-electron chi connectivity index (χ4n) is 3.18. The first kappa shape index (κ1) is 21.7. The minimum absolute atomic E-state index is 0.0541. The van der Waals surface area contributed by atoms with Gasteiger partial charge in [-0.15, -0.1) is 6.58 Å². The van der Waals surface area contributed by atoms with E-state index in [1.807, 2.05) is 24.3 Å². The first-order valence-corrected chi connectivity index (χ1v) is 9.51. The number of aromatic nitrogens is 3. The predicted molar refractivity (Wildman–Crippen MR) is 113 cm³/mol. The van der Waals surface area contributed by atoms with Crippen molar-refractivity contribution in [1.29, 1.82) is 0 Å². The summed E-state index contributed by atoms with van der Waals surface area (Å²) in [5, 5.41) is 0. The van der Waals surface area contributed by atoms with Crippen molar-refractivity contribution in [3.8, 4) is 0 Å². The molecule has 0 radical (unpaired) electrons. The van der Waals surface area contributed by atoms with E-state index in [0.717, 1.165) is 25.7 Å². The fraction of sp³-hybridized carbons (Fsp3) is 0.500. The molecule has 0 aliphatic carbocycles. The zero-order valence-electron chi connectivity index (χ0n) is 17.8. The van der Waals surface area contributed by atoms with Gasteiger partial charge in [-0.25, -0.2) is 28.1 Å². The number of hydrogen-bond donors (Lipinski definition) is 0. The summed E-state index contributed by atoms with van der Waals surface area (Å²) in [5.74, 6) is 0. The molecule has 0 bridgehead atoms. The molecule has 1 aromatic carbocycles. The minimum atomic E-state index is -0.747. The summed E-state index contributed by atoms with van der Waals surface area (Å²) in [6.07, 6.45) is 2.42. The van der Waals surface area contributed by atoms with E-state index in [1.54, 1.807) is 20.8 Å². The Kier molecular flexibility index (Phi) is 6.02. The van der Waals surface area contributed by atoms with Crippen LogP contribution in [0.25, 0.3) is 0 Å². The zero-order valence-corrected chi connectivity index (χ0v) is 17.8. The lowest BCUT2D eigenvalue weighted by Crippen LogP contribution is -2.58. The van der Waals surface area contributed by atoms with Gasteiger partial charge in [-0.05, 0) is 43.7 Å². The molecular weight excluding hydrogens is 354 g/mol. The maximum Gasteiger partial charge on any atom is 0.337 e. The molecule has 0 N–H and O–H groups in total. The molecule has 2 rings (SSSR count). The predicted octanol–water partition coefficient (Wildman–Crippen LogP) is 2.75. The average molecular weight is 386 g/mol. The molecule has 0 atom stereocenters. The van der Waals surface area contributed by atoms with Gasteiger partial charge in [-0.3, -0.25) is 0 Å². The SMILES string of the molecule is C=CCn1c(=O)n(Cc2ccc(CC(C)(C)C)cc2)c(=O)n(C(C)(C)C)c1=O. The van der Waals surface area contributed by atoms with Crippen molar-refractivity contribution in [3.63, 3.8) is 0 Å². The molecule has 0 amide bonds. The Hall–Kier alpha value is -2.63. The maximum atomic E-state index is 13.0. The molecule has 0 saturated heterocycles. The maximum absolute atomic E-state index is 13.0. The molecule has 0 fully saturated rings. The molecule has 0 spiro atoms. The molecule has 0 saturated carbocycles. The summed E-state index contributed by atoms with van der Waals surface area (Å²) in [7, 11) is 0. The molecule has 6 nitrogen and oxygen atoms in total. The summed E-state index contributed by atoms with van der Waals surface area (Å²) in [6.45, 7) is 15.6. The highest BCUT2D eigenvalue weighted by molar-refractivity contribution is 5.23. The molecule has 2 aromatic rings. The first-order valence-electron chi connectivity index (χ1n) is 9.51. The summed E-state index contributed by atoms with van der Waals surface area (Å²) in [4.78, 5) is 38.5. The molecule has 0 aliphatic rings. The van der Waals surface area contributed by atoms with E-state index in [4.69, 9.17) is 0 Å². The van der Waals surface area contributed by atoms with Gasteiger partial charge in [0.1, 0.15) is 0 Å². The van der Waals surface area contributed by atoms with Crippen LogP contribution in [0, 0.1) is 5.41 Å². The van der Waals surface area contributed by atoms with Crippen LogP contribution in [0.15, 0.2) is 51.3 Å². The highest BCUT2D eigenvalue weighted by Crippen LogP contribution is 2.20. The first-order chi connectivity index (χ1) is 12.8. The normalized spacial score (nSPS) is 12.2. The molecule has 6 heteroatoms. The van der Waals surface area contributed by atoms with Crippen LogP contribution < -0.4 is 17.1 Å². The monoisotopic (exact) mass is 385 g/mol. The van der Waals surface area contributed by atoms with Gasteiger partial charge in [0.05, 0.1) is 13.1 Å². The number of benzene rings is 1. The Labute approximate surface area is 165 Å². The van der Waals surface area contributed by atoms with Crippen molar-refractivity contribution >= 4 is 0 Å². The van der Waals surface area contributed by atoms with Crippen molar-refractivity contribution in [2.24, 2.45) is 5.41 Å². The molecule has 1 heterocycles. The van der Waals surface area contributed by atoms with E-state index >= 15 is 0 Å². The van der Waals surface area contributed by atoms with Crippen molar-refractivity contribution in [3.05, 3.63) is 79.5 Å². The number of allylic oxidation sites excluding steroid dienone is 1. The van der Waals surface area contributed by atoms with Gasteiger partial charge in [0.2, 0.25) is 0 Å². The lowest BCUT2D eigenvalue weighted by Gasteiger charge is -2.23. The van der Waals surface area contributed by atoms with E-state index in [1.165, 1.54) is 11.6 Å². The van der Waals surface area contributed by atoms with Crippen molar-refractivity contribution in [2.45, 2.75) is 66.6 Å². The minimum Gasteiger partial charge on any atom is -0.247 e. The second-order valence-electron chi connectivity index (χ2n) is 9.39. The van der Waals surface area contributed by atoms with Crippen molar-refractivity contribution in [2.75, 3.05) is 0 Å². The zero-order chi connectivity index (χ0) is 21.3. The third-order valence-corrected chi connectivity index (χ3v) is 4.39. The third-order valence-electron chi connectivity index (χ3n) is 4.39. The van der Waals surface area contributed by atoms with Gasteiger partial charge in [-0.1, -0.05) is 51.1 Å². The summed E-state index contributed by atoms with van der Waals surface area (Å²) < 4.78 is 3.30. The van der Waals surface area contributed by atoms with E-state index in [9.17, 15) is 14.4 Å². The van der Waals surface area contributed by atoms with Gasteiger partial charge >= 0.3 is 17.1 Å². The quantitative estimate of drug-likeness (QED) is 0.744. The lowest BCUT2D eigenvalue weighted by atomic mass is 9.88. The topological polar surface area (TPSA) is 66.0 Å². The highest BCUT2D eigenvalue weighted by atomic mass is 16.2. The second-order valence-corrected chi connectivity index (χ2v) is 9.39. The van der Waals surface area contributed by atoms with Crippen LogP contribution in [-0.4, -0.2) is 13.7 Å². The van der Waals surface area contributed by atoms with Crippen molar-refractivity contribution in [1.82, 2.24) is 13.7 Å². The smallest absolute Gasteiger partial charge is 0.247 e. The molecule has 1 aromatic heterocycles.